The van der Waals surface area contributed by atoms with Crippen LogP contribution < -0.4 is 10.1 Å². The van der Waals surface area contributed by atoms with Gasteiger partial charge in [0.15, 0.2) is 0 Å². The molecule has 1 aromatic heterocycles. The van der Waals surface area contributed by atoms with Gasteiger partial charge in [0, 0.05) is 24.5 Å². The fraction of sp³-hybridized carbons (Fsp3) is 0.200. The smallest absolute Gasteiger partial charge is 0.228 e. The molecule has 4 rings (SSSR count). The second kappa shape index (κ2) is 6.81. The number of carbonyl (C=O) groups is 1. The van der Waals surface area contributed by atoms with E-state index in [1.165, 1.54) is 0 Å². The van der Waals surface area contributed by atoms with Crippen molar-refractivity contribution in [2.45, 2.75) is 18.9 Å². The number of aromatic nitrogens is 2. The standard InChI is InChI=1S/C20H19N3O2/c24-20(18-10-13-25-19-5-2-1-4-17(18)19)21-14-15-6-8-16(9-7-15)23-12-3-11-22-23/h1-9,11-12,18H,10,13-14H2,(H,21,24)/t18-/m1/s1. The van der Waals surface area contributed by atoms with Gasteiger partial charge < -0.3 is 10.1 Å². The van der Waals surface area contributed by atoms with Crippen molar-refractivity contribution in [2.24, 2.45) is 0 Å². The summed E-state index contributed by atoms with van der Waals surface area (Å²) >= 11 is 0. The van der Waals surface area contributed by atoms with E-state index in [4.69, 9.17) is 4.74 Å². The van der Waals surface area contributed by atoms with Crippen molar-refractivity contribution in [3.05, 3.63) is 78.1 Å². The Bertz CT molecular complexity index is 857. The summed E-state index contributed by atoms with van der Waals surface area (Å²) in [5, 5.41) is 7.25. The number of para-hydroxylation sites is 1. The summed E-state index contributed by atoms with van der Waals surface area (Å²) < 4.78 is 7.43. The Morgan fingerprint density at radius 2 is 2.00 bits per heavy atom. The number of nitrogens with one attached hydrogen (secondary N) is 1. The third kappa shape index (κ3) is 3.26. The van der Waals surface area contributed by atoms with E-state index in [0.717, 1.165) is 22.6 Å². The molecule has 0 aliphatic carbocycles. The molecule has 2 heterocycles. The molecular weight excluding hydrogens is 314 g/mol. The highest BCUT2D eigenvalue weighted by molar-refractivity contribution is 5.84. The SMILES string of the molecule is O=C(NCc1ccc(-n2cccn2)cc1)[C@@H]1CCOc2ccccc21. The van der Waals surface area contributed by atoms with Gasteiger partial charge in [0.05, 0.1) is 18.2 Å². The molecule has 1 N–H and O–H groups in total. The molecule has 1 aliphatic rings. The van der Waals surface area contributed by atoms with Crippen LogP contribution in [-0.2, 0) is 11.3 Å². The Kier molecular flexibility index (Phi) is 4.21. The molecule has 0 unspecified atom stereocenters. The molecule has 0 saturated heterocycles. The molecule has 2 aromatic carbocycles. The fourth-order valence-corrected chi connectivity index (χ4v) is 3.11. The number of rotatable bonds is 4. The van der Waals surface area contributed by atoms with Gasteiger partial charge in [-0.05, 0) is 36.2 Å². The number of fused-ring (bicyclic) bond motifs is 1. The molecule has 3 aromatic rings. The first-order valence-corrected chi connectivity index (χ1v) is 8.40. The molecule has 5 nitrogen and oxygen atoms in total. The van der Waals surface area contributed by atoms with Crippen molar-refractivity contribution in [1.29, 1.82) is 0 Å². The zero-order valence-corrected chi connectivity index (χ0v) is 13.8. The second-order valence-corrected chi connectivity index (χ2v) is 6.06. The van der Waals surface area contributed by atoms with Crippen LogP contribution in [0.4, 0.5) is 0 Å². The zero-order chi connectivity index (χ0) is 17.1. The van der Waals surface area contributed by atoms with Gasteiger partial charge in [-0.2, -0.15) is 5.10 Å². The van der Waals surface area contributed by atoms with E-state index in [2.05, 4.69) is 10.4 Å². The lowest BCUT2D eigenvalue weighted by Gasteiger charge is -2.25. The van der Waals surface area contributed by atoms with Crippen LogP contribution in [0.3, 0.4) is 0 Å². The van der Waals surface area contributed by atoms with Gasteiger partial charge in [-0.3, -0.25) is 4.79 Å². The van der Waals surface area contributed by atoms with E-state index >= 15 is 0 Å². The van der Waals surface area contributed by atoms with Gasteiger partial charge in [-0.1, -0.05) is 30.3 Å². The largest absolute Gasteiger partial charge is 0.493 e. The zero-order valence-electron chi connectivity index (χ0n) is 13.8. The molecule has 5 heteroatoms. The Labute approximate surface area is 146 Å². The first-order chi connectivity index (χ1) is 12.3. The summed E-state index contributed by atoms with van der Waals surface area (Å²) in [6, 6.07) is 17.7. The van der Waals surface area contributed by atoms with E-state index in [1.807, 2.05) is 60.8 Å². The average molecular weight is 333 g/mol. The molecule has 1 amide bonds. The highest BCUT2D eigenvalue weighted by Gasteiger charge is 2.27. The lowest BCUT2D eigenvalue weighted by atomic mass is 9.92. The van der Waals surface area contributed by atoms with Crippen LogP contribution in [0.1, 0.15) is 23.5 Å². The van der Waals surface area contributed by atoms with Crippen LogP contribution in [-0.4, -0.2) is 22.3 Å². The highest BCUT2D eigenvalue weighted by atomic mass is 16.5. The maximum atomic E-state index is 12.6. The van der Waals surface area contributed by atoms with Crippen molar-refractivity contribution in [3.8, 4) is 11.4 Å². The summed E-state index contributed by atoms with van der Waals surface area (Å²) in [4.78, 5) is 12.6. The maximum absolute atomic E-state index is 12.6. The van der Waals surface area contributed by atoms with Crippen molar-refractivity contribution in [1.82, 2.24) is 15.1 Å². The molecule has 0 fully saturated rings. The van der Waals surface area contributed by atoms with Crippen LogP contribution in [0.15, 0.2) is 67.0 Å². The van der Waals surface area contributed by atoms with E-state index in [-0.39, 0.29) is 11.8 Å². The first-order valence-electron chi connectivity index (χ1n) is 8.40. The Morgan fingerprint density at radius 1 is 1.16 bits per heavy atom. The molecule has 1 aliphatic heterocycles. The van der Waals surface area contributed by atoms with Crippen LogP contribution in [0, 0.1) is 0 Å². The molecule has 0 saturated carbocycles. The van der Waals surface area contributed by atoms with Gasteiger partial charge in [-0.15, -0.1) is 0 Å². The third-order valence-corrected chi connectivity index (χ3v) is 4.45. The molecule has 0 bridgehead atoms. The number of nitrogens with zero attached hydrogens (tertiary/aromatic N) is 2. The van der Waals surface area contributed by atoms with Gasteiger partial charge in [0.1, 0.15) is 5.75 Å². The van der Waals surface area contributed by atoms with Crippen LogP contribution >= 0.6 is 0 Å². The Morgan fingerprint density at radius 3 is 2.80 bits per heavy atom. The quantitative estimate of drug-likeness (QED) is 0.798. The summed E-state index contributed by atoms with van der Waals surface area (Å²) in [6.45, 7) is 1.09. The summed E-state index contributed by atoms with van der Waals surface area (Å²) in [5.41, 5.74) is 3.03. The summed E-state index contributed by atoms with van der Waals surface area (Å²) in [5.74, 6) is 0.720. The van der Waals surface area contributed by atoms with Crippen molar-refractivity contribution in [2.75, 3.05) is 6.61 Å². The lowest BCUT2D eigenvalue weighted by Crippen LogP contribution is -2.32. The minimum Gasteiger partial charge on any atom is -0.493 e. The van der Waals surface area contributed by atoms with Crippen LogP contribution in [0.5, 0.6) is 5.75 Å². The predicted octanol–water partition coefficient (Wildman–Crippen LogP) is 3.05. The molecule has 0 radical (unpaired) electrons. The first kappa shape index (κ1) is 15.4. The maximum Gasteiger partial charge on any atom is 0.228 e. The lowest BCUT2D eigenvalue weighted by molar-refractivity contribution is -0.123. The fourth-order valence-electron chi connectivity index (χ4n) is 3.11. The minimum atomic E-state index is -0.145. The molecule has 1 atom stereocenters. The molecule has 0 spiro atoms. The topological polar surface area (TPSA) is 56.2 Å². The Balaban J connectivity index is 1.41. The van der Waals surface area contributed by atoms with Crippen LogP contribution in [0.2, 0.25) is 0 Å². The van der Waals surface area contributed by atoms with Gasteiger partial charge in [-0.25, -0.2) is 4.68 Å². The monoisotopic (exact) mass is 333 g/mol. The number of benzene rings is 2. The van der Waals surface area contributed by atoms with Crippen LogP contribution in [0.25, 0.3) is 5.69 Å². The number of ether oxygens (including phenoxy) is 1. The van der Waals surface area contributed by atoms with Crippen molar-refractivity contribution in [3.63, 3.8) is 0 Å². The number of hydrogen-bond donors (Lipinski definition) is 1. The van der Waals surface area contributed by atoms with E-state index in [9.17, 15) is 4.79 Å². The van der Waals surface area contributed by atoms with Crippen molar-refractivity contribution < 1.29 is 9.53 Å². The predicted molar refractivity (Wildman–Crippen MR) is 94.7 cm³/mol. The van der Waals surface area contributed by atoms with E-state index in [0.29, 0.717) is 19.6 Å². The average Bonchev–Trinajstić information content (AvgIpc) is 3.21. The normalized spacial score (nSPS) is 15.9. The molecule has 126 valence electrons. The van der Waals surface area contributed by atoms with Gasteiger partial charge in [0.25, 0.3) is 0 Å². The molecular formula is C20H19N3O2. The van der Waals surface area contributed by atoms with E-state index < -0.39 is 0 Å². The third-order valence-electron chi connectivity index (χ3n) is 4.45. The summed E-state index contributed by atoms with van der Waals surface area (Å²) in [6.07, 6.45) is 4.36. The highest BCUT2D eigenvalue weighted by Crippen LogP contribution is 2.33. The van der Waals surface area contributed by atoms with Gasteiger partial charge in [0.2, 0.25) is 5.91 Å². The second-order valence-electron chi connectivity index (χ2n) is 6.06. The number of amides is 1. The van der Waals surface area contributed by atoms with Gasteiger partial charge >= 0.3 is 0 Å². The number of carbonyl (C=O) groups excluding carboxylic acids is 1. The summed E-state index contributed by atoms with van der Waals surface area (Å²) in [7, 11) is 0. The van der Waals surface area contributed by atoms with E-state index in [1.54, 1.807) is 10.9 Å². The van der Waals surface area contributed by atoms with Crippen molar-refractivity contribution >= 4 is 5.91 Å². The Hall–Kier alpha value is -3.08. The minimum absolute atomic E-state index is 0.0481. The number of hydrogen-bond acceptors (Lipinski definition) is 3. The molecule has 25 heavy (non-hydrogen) atoms.